The Morgan fingerprint density at radius 1 is 1.29 bits per heavy atom. The summed E-state index contributed by atoms with van der Waals surface area (Å²) in [6, 6.07) is 8.54. The molecule has 1 aliphatic rings. The first kappa shape index (κ1) is 16.3. The van der Waals surface area contributed by atoms with Gasteiger partial charge < -0.3 is 14.7 Å². The number of nitrogens with zero attached hydrogens (tertiary/aromatic N) is 1. The number of aryl methyl sites for hydroxylation is 1. The molecule has 0 heterocycles. The molecule has 1 fully saturated rings. The Balaban J connectivity index is 1.78. The predicted molar refractivity (Wildman–Crippen MR) is 86.7 cm³/mol. The van der Waals surface area contributed by atoms with E-state index in [4.69, 9.17) is 4.74 Å². The van der Waals surface area contributed by atoms with Crippen LogP contribution in [0.2, 0.25) is 0 Å². The first-order valence-corrected chi connectivity index (χ1v) is 8.14. The number of rotatable bonds is 6. The highest BCUT2D eigenvalue weighted by atomic mass is 16.5. The van der Waals surface area contributed by atoms with Gasteiger partial charge >= 0.3 is 0 Å². The van der Waals surface area contributed by atoms with Gasteiger partial charge in [0.2, 0.25) is 0 Å². The van der Waals surface area contributed by atoms with Gasteiger partial charge in [-0.05, 0) is 44.4 Å². The van der Waals surface area contributed by atoms with Crippen molar-refractivity contribution in [2.45, 2.75) is 51.7 Å². The lowest BCUT2D eigenvalue weighted by atomic mass is 9.85. The molecule has 118 valence electrons. The molecule has 3 heteroatoms. The molecular weight excluding hydrogens is 262 g/mol. The molecule has 0 aliphatic heterocycles. The summed E-state index contributed by atoms with van der Waals surface area (Å²) in [6.45, 7) is 5.39. The van der Waals surface area contributed by atoms with Crippen molar-refractivity contribution in [1.29, 1.82) is 0 Å². The maximum absolute atomic E-state index is 10.2. The molecule has 1 N–H and O–H groups in total. The number of likely N-dealkylation sites (N-methyl/N-ethyl adjacent to an activating group) is 1. The van der Waals surface area contributed by atoms with Crippen molar-refractivity contribution >= 4 is 0 Å². The van der Waals surface area contributed by atoms with E-state index in [2.05, 4.69) is 18.9 Å². The van der Waals surface area contributed by atoms with E-state index in [-0.39, 0.29) is 0 Å². The van der Waals surface area contributed by atoms with Crippen molar-refractivity contribution in [2.24, 2.45) is 5.92 Å². The van der Waals surface area contributed by atoms with Crippen LogP contribution < -0.4 is 4.74 Å². The normalized spacial score (nSPS) is 24.0. The average Bonchev–Trinajstić information content (AvgIpc) is 2.46. The molecule has 0 radical (unpaired) electrons. The summed E-state index contributed by atoms with van der Waals surface area (Å²) < 4.78 is 5.74. The van der Waals surface area contributed by atoms with Crippen LogP contribution >= 0.6 is 0 Å². The van der Waals surface area contributed by atoms with Gasteiger partial charge in [0, 0.05) is 12.6 Å². The summed E-state index contributed by atoms with van der Waals surface area (Å²) in [5, 5.41) is 10.2. The summed E-state index contributed by atoms with van der Waals surface area (Å²) in [6.07, 6.45) is 4.79. The Labute approximate surface area is 128 Å². The van der Waals surface area contributed by atoms with Crippen molar-refractivity contribution in [2.75, 3.05) is 20.2 Å². The second-order valence-corrected chi connectivity index (χ2v) is 6.50. The van der Waals surface area contributed by atoms with E-state index < -0.39 is 6.10 Å². The van der Waals surface area contributed by atoms with Crippen LogP contribution in [0.4, 0.5) is 0 Å². The number of aliphatic hydroxyl groups excluding tert-OH is 1. The minimum atomic E-state index is -0.441. The predicted octanol–water partition coefficient (Wildman–Crippen LogP) is 3.25. The minimum absolute atomic E-state index is 0.357. The SMILES string of the molecule is Cc1ccccc1OCC(O)CN(C)C1CCCCC1C. The van der Waals surface area contributed by atoms with Gasteiger partial charge in [-0.15, -0.1) is 0 Å². The summed E-state index contributed by atoms with van der Waals surface area (Å²) in [5.74, 6) is 1.60. The van der Waals surface area contributed by atoms with Crippen LogP contribution in [0.1, 0.15) is 38.2 Å². The molecule has 1 aliphatic carbocycles. The fourth-order valence-corrected chi connectivity index (χ4v) is 3.38. The first-order valence-electron chi connectivity index (χ1n) is 8.14. The Morgan fingerprint density at radius 3 is 2.71 bits per heavy atom. The van der Waals surface area contributed by atoms with Crippen molar-refractivity contribution in [3.8, 4) is 5.75 Å². The lowest BCUT2D eigenvalue weighted by Gasteiger charge is -2.37. The molecule has 0 bridgehead atoms. The van der Waals surface area contributed by atoms with E-state index in [1.165, 1.54) is 25.7 Å². The molecule has 2 rings (SSSR count). The molecule has 0 amide bonds. The summed E-state index contributed by atoms with van der Waals surface area (Å²) in [5.41, 5.74) is 1.11. The van der Waals surface area contributed by atoms with E-state index in [9.17, 15) is 5.11 Å². The van der Waals surface area contributed by atoms with E-state index in [1.54, 1.807) is 0 Å². The molecule has 3 nitrogen and oxygen atoms in total. The molecule has 3 atom stereocenters. The van der Waals surface area contributed by atoms with Crippen molar-refractivity contribution in [1.82, 2.24) is 4.90 Å². The zero-order valence-corrected chi connectivity index (χ0v) is 13.6. The second-order valence-electron chi connectivity index (χ2n) is 6.50. The van der Waals surface area contributed by atoms with Crippen molar-refractivity contribution in [3.63, 3.8) is 0 Å². The number of aliphatic hydroxyl groups is 1. The molecule has 3 unspecified atom stereocenters. The van der Waals surface area contributed by atoms with Crippen LogP contribution in [0.25, 0.3) is 0 Å². The van der Waals surface area contributed by atoms with Crippen LogP contribution in [-0.4, -0.2) is 42.4 Å². The standard InChI is InChI=1S/C18H29NO2/c1-14-8-4-6-10-17(14)19(3)12-16(20)13-21-18-11-7-5-9-15(18)2/h5,7,9,11,14,16-17,20H,4,6,8,10,12-13H2,1-3H3. The maximum atomic E-state index is 10.2. The van der Waals surface area contributed by atoms with E-state index in [1.807, 2.05) is 31.2 Å². The lowest BCUT2D eigenvalue weighted by molar-refractivity contribution is 0.0438. The molecule has 1 saturated carbocycles. The number of hydrogen-bond acceptors (Lipinski definition) is 3. The fourth-order valence-electron chi connectivity index (χ4n) is 3.38. The van der Waals surface area contributed by atoms with Gasteiger partial charge in [0.05, 0.1) is 0 Å². The smallest absolute Gasteiger partial charge is 0.122 e. The third kappa shape index (κ3) is 4.72. The van der Waals surface area contributed by atoms with Gasteiger partial charge in [0.15, 0.2) is 0 Å². The monoisotopic (exact) mass is 291 g/mol. The molecule has 21 heavy (non-hydrogen) atoms. The van der Waals surface area contributed by atoms with Gasteiger partial charge in [0.25, 0.3) is 0 Å². The highest BCUT2D eigenvalue weighted by Crippen LogP contribution is 2.27. The first-order chi connectivity index (χ1) is 10.1. The van der Waals surface area contributed by atoms with E-state index >= 15 is 0 Å². The number of hydrogen-bond donors (Lipinski definition) is 1. The van der Waals surface area contributed by atoms with Crippen molar-refractivity contribution in [3.05, 3.63) is 29.8 Å². The molecule has 0 aromatic heterocycles. The van der Waals surface area contributed by atoms with Crippen LogP contribution in [-0.2, 0) is 0 Å². The van der Waals surface area contributed by atoms with Gasteiger partial charge in [-0.25, -0.2) is 0 Å². The van der Waals surface area contributed by atoms with E-state index in [0.29, 0.717) is 19.2 Å². The Morgan fingerprint density at radius 2 is 2.00 bits per heavy atom. The molecule has 1 aromatic rings. The van der Waals surface area contributed by atoms with Crippen LogP contribution in [0.15, 0.2) is 24.3 Å². The van der Waals surface area contributed by atoms with Crippen molar-refractivity contribution < 1.29 is 9.84 Å². The van der Waals surface area contributed by atoms with Gasteiger partial charge in [-0.2, -0.15) is 0 Å². The van der Waals surface area contributed by atoms with Gasteiger partial charge in [-0.1, -0.05) is 38.0 Å². The van der Waals surface area contributed by atoms with Crippen LogP contribution in [0.5, 0.6) is 5.75 Å². The second kappa shape index (κ2) is 7.81. The maximum Gasteiger partial charge on any atom is 0.122 e. The molecular formula is C18H29NO2. The zero-order chi connectivity index (χ0) is 15.2. The highest BCUT2D eigenvalue weighted by molar-refractivity contribution is 5.31. The summed E-state index contributed by atoms with van der Waals surface area (Å²) in [7, 11) is 2.13. The van der Waals surface area contributed by atoms with Crippen LogP contribution in [0.3, 0.4) is 0 Å². The quantitative estimate of drug-likeness (QED) is 0.873. The number of ether oxygens (including phenoxy) is 1. The fraction of sp³-hybridized carbons (Fsp3) is 0.667. The zero-order valence-electron chi connectivity index (χ0n) is 13.6. The number of para-hydroxylation sites is 1. The highest BCUT2D eigenvalue weighted by Gasteiger charge is 2.26. The Kier molecular flexibility index (Phi) is 6.07. The lowest BCUT2D eigenvalue weighted by Crippen LogP contribution is -2.44. The number of benzene rings is 1. The summed E-state index contributed by atoms with van der Waals surface area (Å²) in [4.78, 5) is 2.32. The third-order valence-corrected chi connectivity index (χ3v) is 4.66. The Hall–Kier alpha value is -1.06. The molecule has 0 spiro atoms. The minimum Gasteiger partial charge on any atom is -0.491 e. The average molecular weight is 291 g/mol. The third-order valence-electron chi connectivity index (χ3n) is 4.66. The molecule has 0 saturated heterocycles. The summed E-state index contributed by atoms with van der Waals surface area (Å²) >= 11 is 0. The van der Waals surface area contributed by atoms with E-state index in [0.717, 1.165) is 17.2 Å². The largest absolute Gasteiger partial charge is 0.491 e. The topological polar surface area (TPSA) is 32.7 Å². The van der Waals surface area contributed by atoms with Gasteiger partial charge in [0.1, 0.15) is 18.5 Å². The molecule has 1 aromatic carbocycles. The van der Waals surface area contributed by atoms with Gasteiger partial charge in [-0.3, -0.25) is 0 Å². The van der Waals surface area contributed by atoms with Crippen LogP contribution in [0, 0.1) is 12.8 Å². The Bertz CT molecular complexity index is 435.